The number of pyridine rings is 1. The Balaban J connectivity index is 2.85. The third kappa shape index (κ3) is 3.02. The van der Waals surface area contributed by atoms with Crippen LogP contribution < -0.4 is 5.32 Å². The molecule has 86 valence electrons. The molecule has 0 aliphatic carbocycles. The van der Waals surface area contributed by atoms with E-state index in [1.165, 1.54) is 18.3 Å². The van der Waals surface area contributed by atoms with Crippen molar-refractivity contribution in [2.75, 3.05) is 0 Å². The van der Waals surface area contributed by atoms with Gasteiger partial charge in [0.2, 0.25) is 0 Å². The smallest absolute Gasteiger partial charge is 0.271 e. The van der Waals surface area contributed by atoms with Gasteiger partial charge in [0.1, 0.15) is 17.3 Å². The minimum absolute atomic E-state index is 0.193. The average molecular weight is 228 g/mol. The monoisotopic (exact) mass is 228 g/mol. The molecule has 0 bridgehead atoms. The molecule has 0 radical (unpaired) electrons. The molecule has 0 saturated carbocycles. The molecular formula is C12H12N4O. The van der Waals surface area contributed by atoms with Crippen LogP contribution in [0.15, 0.2) is 18.3 Å². The van der Waals surface area contributed by atoms with E-state index in [-0.39, 0.29) is 5.69 Å². The van der Waals surface area contributed by atoms with Crippen molar-refractivity contribution in [3.05, 3.63) is 29.6 Å². The second kappa shape index (κ2) is 5.09. The summed E-state index contributed by atoms with van der Waals surface area (Å²) in [5.74, 6) is -0.416. The zero-order valence-electron chi connectivity index (χ0n) is 9.69. The normalized spacial score (nSPS) is 12.9. The molecule has 5 nitrogen and oxygen atoms in total. The number of carbonyl (C=O) groups excluding carboxylic acids is 1. The maximum absolute atomic E-state index is 11.8. The van der Waals surface area contributed by atoms with Crippen LogP contribution in [0.1, 0.15) is 36.3 Å². The topological polar surface area (TPSA) is 89.6 Å². The Morgan fingerprint density at radius 3 is 2.65 bits per heavy atom. The number of hydrogen-bond acceptors (Lipinski definition) is 4. The number of carbonyl (C=O) groups is 1. The Bertz CT molecular complexity index is 495. The zero-order valence-corrected chi connectivity index (χ0v) is 9.69. The number of amides is 1. The summed E-state index contributed by atoms with van der Waals surface area (Å²) in [4.78, 5) is 15.6. The Labute approximate surface area is 99.7 Å². The van der Waals surface area contributed by atoms with Crippen LogP contribution in [0, 0.1) is 22.7 Å². The first-order chi connectivity index (χ1) is 8.04. The quantitative estimate of drug-likeness (QED) is 0.846. The van der Waals surface area contributed by atoms with Crippen molar-refractivity contribution in [1.29, 1.82) is 10.5 Å². The van der Waals surface area contributed by atoms with Gasteiger partial charge in [-0.25, -0.2) is 4.98 Å². The molecule has 5 heteroatoms. The Morgan fingerprint density at radius 1 is 1.53 bits per heavy atom. The number of rotatable bonds is 3. The van der Waals surface area contributed by atoms with Gasteiger partial charge in [-0.15, -0.1) is 0 Å². The molecule has 1 unspecified atom stereocenters. The lowest BCUT2D eigenvalue weighted by molar-refractivity contribution is 0.0918. The first-order valence-electron chi connectivity index (χ1n) is 5.14. The highest BCUT2D eigenvalue weighted by atomic mass is 16.2. The zero-order chi connectivity index (χ0) is 12.9. The molecule has 17 heavy (non-hydrogen) atoms. The van der Waals surface area contributed by atoms with E-state index in [0.717, 1.165) is 0 Å². The third-order valence-electron chi connectivity index (χ3n) is 2.47. The van der Waals surface area contributed by atoms with E-state index in [1.54, 1.807) is 6.92 Å². The van der Waals surface area contributed by atoms with Crippen LogP contribution in [0.5, 0.6) is 0 Å². The van der Waals surface area contributed by atoms with Gasteiger partial charge in [0.25, 0.3) is 5.91 Å². The van der Waals surface area contributed by atoms with Gasteiger partial charge in [-0.3, -0.25) is 4.79 Å². The predicted molar refractivity (Wildman–Crippen MR) is 60.7 cm³/mol. The van der Waals surface area contributed by atoms with Gasteiger partial charge in [0, 0.05) is 6.20 Å². The number of hydrogen-bond donors (Lipinski definition) is 1. The Morgan fingerprint density at radius 2 is 2.24 bits per heavy atom. The van der Waals surface area contributed by atoms with E-state index >= 15 is 0 Å². The largest absolute Gasteiger partial charge is 0.333 e. The molecule has 0 saturated heterocycles. The van der Waals surface area contributed by atoms with Crippen LogP contribution in [0.25, 0.3) is 0 Å². The molecule has 1 heterocycles. The minimum Gasteiger partial charge on any atom is -0.333 e. The highest BCUT2D eigenvalue weighted by Crippen LogP contribution is 2.08. The van der Waals surface area contributed by atoms with Crippen molar-refractivity contribution < 1.29 is 4.79 Å². The van der Waals surface area contributed by atoms with E-state index < -0.39 is 11.4 Å². The van der Waals surface area contributed by atoms with Crippen molar-refractivity contribution >= 4 is 5.91 Å². The number of nitrogens with zero attached hydrogens (tertiary/aromatic N) is 3. The van der Waals surface area contributed by atoms with Gasteiger partial charge in [0.05, 0.1) is 11.6 Å². The van der Waals surface area contributed by atoms with Gasteiger partial charge in [-0.2, -0.15) is 10.5 Å². The molecule has 1 amide bonds. The highest BCUT2D eigenvalue weighted by Gasteiger charge is 2.24. The van der Waals surface area contributed by atoms with Crippen molar-refractivity contribution in [2.24, 2.45) is 0 Å². The lowest BCUT2D eigenvalue weighted by Gasteiger charge is -2.20. The van der Waals surface area contributed by atoms with Gasteiger partial charge in [-0.1, -0.05) is 6.92 Å². The first-order valence-corrected chi connectivity index (χ1v) is 5.14. The standard InChI is InChI=1S/C12H12N4O/c1-3-12(2,8-14)16-11(17)10-5-4-9(6-13)7-15-10/h4-5,7H,3H2,1-2H3,(H,16,17). The summed E-state index contributed by atoms with van der Waals surface area (Å²) in [6, 6.07) is 6.93. The summed E-state index contributed by atoms with van der Waals surface area (Å²) in [5, 5.41) is 20.1. The predicted octanol–water partition coefficient (Wildman–Crippen LogP) is 1.38. The van der Waals surface area contributed by atoms with Gasteiger partial charge in [0.15, 0.2) is 0 Å². The van der Waals surface area contributed by atoms with Crippen LogP contribution in [0.3, 0.4) is 0 Å². The number of aromatic nitrogens is 1. The lowest BCUT2D eigenvalue weighted by Crippen LogP contribution is -2.44. The molecule has 1 aromatic heterocycles. The summed E-state index contributed by atoms with van der Waals surface area (Å²) < 4.78 is 0. The van der Waals surface area contributed by atoms with E-state index in [1.807, 2.05) is 19.1 Å². The van der Waals surface area contributed by atoms with Crippen molar-refractivity contribution in [2.45, 2.75) is 25.8 Å². The van der Waals surface area contributed by atoms with E-state index in [9.17, 15) is 4.79 Å². The maximum atomic E-state index is 11.8. The minimum atomic E-state index is -0.896. The molecule has 0 aromatic carbocycles. The molecule has 0 aliphatic rings. The molecule has 1 N–H and O–H groups in total. The summed E-state index contributed by atoms with van der Waals surface area (Å²) in [7, 11) is 0. The lowest BCUT2D eigenvalue weighted by atomic mass is 10.0. The van der Waals surface area contributed by atoms with Crippen LogP contribution in [-0.4, -0.2) is 16.4 Å². The summed E-state index contributed by atoms with van der Waals surface area (Å²) in [5.41, 5.74) is -0.314. The van der Waals surface area contributed by atoms with E-state index in [0.29, 0.717) is 12.0 Å². The fraction of sp³-hybridized carbons (Fsp3) is 0.333. The second-order valence-electron chi connectivity index (χ2n) is 3.80. The fourth-order valence-corrected chi connectivity index (χ4v) is 1.10. The van der Waals surface area contributed by atoms with Gasteiger partial charge < -0.3 is 5.32 Å². The molecular weight excluding hydrogens is 216 g/mol. The highest BCUT2D eigenvalue weighted by molar-refractivity contribution is 5.93. The SMILES string of the molecule is CCC(C)(C#N)NC(=O)c1ccc(C#N)cn1. The first kappa shape index (κ1) is 12.7. The molecule has 0 aliphatic heterocycles. The number of nitrogens with one attached hydrogen (secondary N) is 1. The average Bonchev–Trinajstić information content (AvgIpc) is 2.38. The second-order valence-corrected chi connectivity index (χ2v) is 3.80. The molecule has 0 spiro atoms. The third-order valence-corrected chi connectivity index (χ3v) is 2.47. The van der Waals surface area contributed by atoms with E-state index in [4.69, 9.17) is 10.5 Å². The van der Waals surface area contributed by atoms with Crippen LogP contribution >= 0.6 is 0 Å². The van der Waals surface area contributed by atoms with Crippen LogP contribution in [-0.2, 0) is 0 Å². The molecule has 1 aromatic rings. The van der Waals surface area contributed by atoms with Gasteiger partial charge >= 0.3 is 0 Å². The molecule has 0 fully saturated rings. The van der Waals surface area contributed by atoms with Crippen LogP contribution in [0.4, 0.5) is 0 Å². The summed E-state index contributed by atoms with van der Waals surface area (Å²) in [6.07, 6.45) is 1.83. The van der Waals surface area contributed by atoms with Crippen LogP contribution in [0.2, 0.25) is 0 Å². The summed E-state index contributed by atoms with van der Waals surface area (Å²) >= 11 is 0. The van der Waals surface area contributed by atoms with E-state index in [2.05, 4.69) is 10.3 Å². The molecule has 1 rings (SSSR count). The van der Waals surface area contributed by atoms with Crippen molar-refractivity contribution in [1.82, 2.24) is 10.3 Å². The molecule has 1 atom stereocenters. The van der Waals surface area contributed by atoms with Crippen molar-refractivity contribution in [3.8, 4) is 12.1 Å². The Kier molecular flexibility index (Phi) is 3.79. The van der Waals surface area contributed by atoms with Crippen molar-refractivity contribution in [3.63, 3.8) is 0 Å². The fourth-order valence-electron chi connectivity index (χ4n) is 1.10. The Hall–Kier alpha value is -2.40. The number of nitriles is 2. The van der Waals surface area contributed by atoms with Gasteiger partial charge in [-0.05, 0) is 25.5 Å². The maximum Gasteiger partial charge on any atom is 0.271 e. The summed E-state index contributed by atoms with van der Waals surface area (Å²) in [6.45, 7) is 3.46.